The first kappa shape index (κ1) is 19.3. The van der Waals surface area contributed by atoms with E-state index < -0.39 is 10.0 Å². The molecule has 0 radical (unpaired) electrons. The molecule has 0 aliphatic carbocycles. The molecule has 0 atom stereocenters. The lowest BCUT2D eigenvalue weighted by molar-refractivity contribution is -0.114. The lowest BCUT2D eigenvalue weighted by atomic mass is 9.93. The van der Waals surface area contributed by atoms with Crippen LogP contribution in [0.5, 0.6) is 0 Å². The minimum atomic E-state index is -3.90. The number of hydrogen-bond donors (Lipinski definition) is 2. The van der Waals surface area contributed by atoms with Crippen LogP contribution in [0.2, 0.25) is 0 Å². The molecule has 1 aromatic carbocycles. The molecule has 0 fully saturated rings. The molecule has 0 aliphatic rings. The predicted molar refractivity (Wildman–Crippen MR) is 99.6 cm³/mol. The second-order valence-electron chi connectivity index (χ2n) is 6.28. The Morgan fingerprint density at radius 3 is 2.12 bits per heavy atom. The van der Waals surface area contributed by atoms with Crippen molar-refractivity contribution >= 4 is 38.1 Å². The maximum Gasteiger partial charge on any atom is 0.291 e. The number of aromatic nitrogens is 2. The van der Waals surface area contributed by atoms with Gasteiger partial charge >= 0.3 is 0 Å². The lowest BCUT2D eigenvalue weighted by Crippen LogP contribution is -2.16. The molecule has 0 saturated heterocycles. The van der Waals surface area contributed by atoms with Crippen molar-refractivity contribution in [1.82, 2.24) is 10.2 Å². The van der Waals surface area contributed by atoms with Gasteiger partial charge in [-0.15, -0.1) is 10.2 Å². The molecule has 25 heavy (non-hydrogen) atoms. The van der Waals surface area contributed by atoms with Crippen LogP contribution in [0.25, 0.3) is 0 Å². The number of nitrogens with zero attached hydrogens (tertiary/aromatic N) is 2. The number of nitrogens with one attached hydrogen (secondary N) is 2. The fourth-order valence-electron chi connectivity index (χ4n) is 2.37. The molecule has 1 amide bonds. The van der Waals surface area contributed by atoms with Gasteiger partial charge in [0.1, 0.15) is 0 Å². The van der Waals surface area contributed by atoms with Crippen LogP contribution in [-0.2, 0) is 14.8 Å². The average Bonchev–Trinajstić information content (AvgIpc) is 2.95. The molecule has 0 saturated carbocycles. The summed E-state index contributed by atoms with van der Waals surface area (Å²) in [5.74, 6) is -0.0261. The first-order valence-corrected chi connectivity index (χ1v) is 10.2. The van der Waals surface area contributed by atoms with Crippen LogP contribution >= 0.6 is 11.3 Å². The Hall–Kier alpha value is -2.00. The van der Waals surface area contributed by atoms with Crippen molar-refractivity contribution in [1.29, 1.82) is 0 Å². The summed E-state index contributed by atoms with van der Waals surface area (Å²) >= 11 is 0.811. The van der Waals surface area contributed by atoms with Gasteiger partial charge in [-0.2, -0.15) is 8.42 Å². The molecule has 0 aliphatic heterocycles. The second kappa shape index (κ2) is 7.49. The standard InChI is InChI=1S/C16H22N4O3S2/c1-9(2)12-7-6-8-13(10(3)4)14(12)20-25(22,23)16-19-18-15(24-16)17-11(5)21/h6-10,20H,1-5H3,(H,17,18,21). The summed E-state index contributed by atoms with van der Waals surface area (Å²) in [6.07, 6.45) is 0. The summed E-state index contributed by atoms with van der Waals surface area (Å²) in [4.78, 5) is 11.1. The van der Waals surface area contributed by atoms with E-state index in [9.17, 15) is 13.2 Å². The largest absolute Gasteiger partial charge is 0.301 e. The highest BCUT2D eigenvalue weighted by Gasteiger charge is 2.24. The number of sulfonamides is 1. The van der Waals surface area contributed by atoms with E-state index in [1.165, 1.54) is 6.92 Å². The van der Waals surface area contributed by atoms with E-state index in [-0.39, 0.29) is 27.2 Å². The van der Waals surface area contributed by atoms with Gasteiger partial charge in [0.15, 0.2) is 0 Å². The molecule has 7 nitrogen and oxygen atoms in total. The molecular weight excluding hydrogens is 360 g/mol. The van der Waals surface area contributed by atoms with E-state index >= 15 is 0 Å². The Morgan fingerprint density at radius 1 is 1.08 bits per heavy atom. The third kappa shape index (κ3) is 4.55. The van der Waals surface area contributed by atoms with Crippen molar-refractivity contribution in [3.8, 4) is 0 Å². The zero-order valence-electron chi connectivity index (χ0n) is 14.8. The second-order valence-corrected chi connectivity index (χ2v) is 9.11. The Balaban J connectivity index is 2.44. The first-order valence-electron chi connectivity index (χ1n) is 7.88. The maximum atomic E-state index is 12.7. The fraction of sp³-hybridized carbons (Fsp3) is 0.438. The molecule has 2 N–H and O–H groups in total. The number of benzene rings is 1. The molecule has 0 bridgehead atoms. The van der Waals surface area contributed by atoms with E-state index in [0.29, 0.717) is 5.69 Å². The minimum Gasteiger partial charge on any atom is -0.301 e. The Labute approximate surface area is 151 Å². The molecule has 0 unspecified atom stereocenters. The Morgan fingerprint density at radius 2 is 1.64 bits per heavy atom. The van der Waals surface area contributed by atoms with Crippen LogP contribution in [0.3, 0.4) is 0 Å². The van der Waals surface area contributed by atoms with E-state index in [2.05, 4.69) is 20.2 Å². The highest BCUT2D eigenvalue weighted by atomic mass is 32.2. The summed E-state index contributed by atoms with van der Waals surface area (Å²) in [5, 5.41) is 9.97. The van der Waals surface area contributed by atoms with Crippen LogP contribution < -0.4 is 10.0 Å². The van der Waals surface area contributed by atoms with E-state index in [1.807, 2.05) is 45.9 Å². The third-order valence-electron chi connectivity index (χ3n) is 3.53. The van der Waals surface area contributed by atoms with Crippen molar-refractivity contribution in [3.05, 3.63) is 29.3 Å². The number of carbonyl (C=O) groups excluding carboxylic acids is 1. The van der Waals surface area contributed by atoms with Crippen LogP contribution in [0, 0.1) is 0 Å². The number of para-hydroxylation sites is 1. The summed E-state index contributed by atoms with van der Waals surface area (Å²) < 4.78 is 27.9. The summed E-state index contributed by atoms with van der Waals surface area (Å²) in [6.45, 7) is 9.36. The number of amides is 1. The zero-order chi connectivity index (χ0) is 18.8. The molecular formula is C16H22N4O3S2. The van der Waals surface area contributed by atoms with Crippen molar-refractivity contribution < 1.29 is 13.2 Å². The number of rotatable bonds is 6. The summed E-state index contributed by atoms with van der Waals surface area (Å²) in [5.41, 5.74) is 2.42. The maximum absolute atomic E-state index is 12.7. The van der Waals surface area contributed by atoms with Gasteiger partial charge in [-0.3, -0.25) is 9.52 Å². The fourth-order valence-corrected chi connectivity index (χ4v) is 4.43. The highest BCUT2D eigenvalue weighted by Crippen LogP contribution is 2.34. The Kier molecular flexibility index (Phi) is 5.79. The molecule has 136 valence electrons. The highest BCUT2D eigenvalue weighted by molar-refractivity contribution is 7.94. The van der Waals surface area contributed by atoms with Gasteiger partial charge in [-0.1, -0.05) is 57.2 Å². The van der Waals surface area contributed by atoms with E-state index in [4.69, 9.17) is 0 Å². The average molecular weight is 383 g/mol. The Bertz CT molecular complexity index is 847. The van der Waals surface area contributed by atoms with Crippen molar-refractivity contribution in [3.63, 3.8) is 0 Å². The van der Waals surface area contributed by atoms with Crippen LogP contribution in [0.15, 0.2) is 22.5 Å². The zero-order valence-corrected chi connectivity index (χ0v) is 16.5. The third-order valence-corrected chi connectivity index (χ3v) is 6.08. The van der Waals surface area contributed by atoms with Gasteiger partial charge in [0, 0.05) is 6.92 Å². The smallest absolute Gasteiger partial charge is 0.291 e. The van der Waals surface area contributed by atoms with Gasteiger partial charge in [-0.25, -0.2) is 0 Å². The van der Waals surface area contributed by atoms with Crippen LogP contribution in [0.1, 0.15) is 57.6 Å². The van der Waals surface area contributed by atoms with Crippen molar-refractivity contribution in [2.24, 2.45) is 0 Å². The normalized spacial score (nSPS) is 11.8. The van der Waals surface area contributed by atoms with E-state index in [0.717, 1.165) is 22.5 Å². The summed E-state index contributed by atoms with van der Waals surface area (Å²) in [7, 11) is -3.90. The molecule has 9 heteroatoms. The lowest BCUT2D eigenvalue weighted by Gasteiger charge is -2.20. The topological polar surface area (TPSA) is 101 Å². The monoisotopic (exact) mass is 382 g/mol. The minimum absolute atomic E-state index is 0.147. The predicted octanol–water partition coefficient (Wildman–Crippen LogP) is 3.54. The summed E-state index contributed by atoms with van der Waals surface area (Å²) in [6, 6.07) is 5.76. The van der Waals surface area contributed by atoms with Crippen molar-refractivity contribution in [2.45, 2.75) is 50.8 Å². The van der Waals surface area contributed by atoms with Gasteiger partial charge in [0.2, 0.25) is 11.0 Å². The SMILES string of the molecule is CC(=O)Nc1nnc(S(=O)(=O)Nc2c(C(C)C)cccc2C(C)C)s1. The van der Waals surface area contributed by atoms with Crippen LogP contribution in [0.4, 0.5) is 10.8 Å². The number of anilines is 2. The van der Waals surface area contributed by atoms with Gasteiger partial charge in [-0.05, 0) is 23.0 Å². The molecule has 1 aromatic heterocycles. The van der Waals surface area contributed by atoms with Crippen molar-refractivity contribution in [2.75, 3.05) is 10.0 Å². The quantitative estimate of drug-likeness (QED) is 0.744. The number of carbonyl (C=O) groups is 1. The molecule has 1 heterocycles. The number of hydrogen-bond acceptors (Lipinski definition) is 6. The van der Waals surface area contributed by atoms with Gasteiger partial charge in [0.05, 0.1) is 5.69 Å². The molecule has 0 spiro atoms. The molecule has 2 rings (SSSR count). The first-order chi connectivity index (χ1) is 11.6. The molecule has 2 aromatic rings. The van der Waals surface area contributed by atoms with Gasteiger partial charge in [0.25, 0.3) is 14.4 Å². The van der Waals surface area contributed by atoms with Crippen LogP contribution in [-0.4, -0.2) is 24.5 Å². The van der Waals surface area contributed by atoms with E-state index in [1.54, 1.807) is 0 Å². The van der Waals surface area contributed by atoms with Gasteiger partial charge < -0.3 is 5.32 Å².